The van der Waals surface area contributed by atoms with Gasteiger partial charge < -0.3 is 65.3 Å². The predicted molar refractivity (Wildman–Crippen MR) is 128 cm³/mol. The summed E-state index contributed by atoms with van der Waals surface area (Å²) in [5.74, 6) is -7.76. The smallest absolute Gasteiger partial charge is 0.364 e. The molecular weight excluding hydrogens is 532 g/mol. The van der Waals surface area contributed by atoms with Crippen molar-refractivity contribution in [2.24, 2.45) is 0 Å². The quantitative estimate of drug-likeness (QED) is 0.128. The summed E-state index contributed by atoms with van der Waals surface area (Å²) in [6.07, 6.45) is -8.09. The Bertz CT molecular complexity index is 844. The van der Waals surface area contributed by atoms with Gasteiger partial charge in [-0.2, -0.15) is 0 Å². The van der Waals surface area contributed by atoms with Gasteiger partial charge in [0.1, 0.15) is 18.3 Å². The Hall–Kier alpha value is -2.48. The number of carboxylic acids is 2. The number of aliphatic hydroxyl groups is 5. The Kier molecular flexibility index (Phi) is 14.4. The van der Waals surface area contributed by atoms with Crippen molar-refractivity contribution in [2.75, 3.05) is 27.4 Å². The van der Waals surface area contributed by atoms with Crippen molar-refractivity contribution in [2.45, 2.75) is 88.3 Å². The molecule has 9 atom stereocenters. The number of rotatable bonds is 9. The number of nitrogens with one attached hydrogen (secondary N) is 2. The summed E-state index contributed by atoms with van der Waals surface area (Å²) in [5.41, 5.74) is 0. The zero-order valence-corrected chi connectivity index (χ0v) is 21.3. The van der Waals surface area contributed by atoms with Gasteiger partial charge in [-0.15, -0.1) is 0 Å². The average molecular weight is 573 g/mol. The standard InChI is InChI=1S/C12H21NO9.C9H15NO6.CH4/c1-5(15)13-8-6(16)3-12(21-2,11(19)20)22-10(8)9(18)7(17)4-14;1-5(11)10-6-4-16-9(15-2,8(13)14)3-7(6)12;/h6-10,14,16-18H,3-4H2,1-2H3,(H,13,15)(H,19,20);6-7,12H,3-4H2,1-2H3,(H,10,11)(H,13,14);1H4. The molecule has 2 heterocycles. The molecular formula is C22H40N2O15. The summed E-state index contributed by atoms with van der Waals surface area (Å²) in [6, 6.07) is -1.79. The van der Waals surface area contributed by atoms with Crippen LogP contribution < -0.4 is 10.6 Å². The van der Waals surface area contributed by atoms with Crippen LogP contribution in [0.25, 0.3) is 0 Å². The fourth-order valence-electron chi connectivity index (χ4n) is 3.93. The van der Waals surface area contributed by atoms with E-state index in [1.165, 1.54) is 14.0 Å². The maximum absolute atomic E-state index is 11.3. The van der Waals surface area contributed by atoms with Crippen LogP contribution in [0.2, 0.25) is 0 Å². The van der Waals surface area contributed by atoms with E-state index >= 15 is 0 Å². The number of carboxylic acid groups (broad SMARTS) is 2. The molecule has 17 heteroatoms. The molecule has 0 bridgehead atoms. The third kappa shape index (κ3) is 9.02. The molecule has 0 saturated carbocycles. The van der Waals surface area contributed by atoms with Crippen LogP contribution in [0, 0.1) is 0 Å². The van der Waals surface area contributed by atoms with Gasteiger partial charge in [0.2, 0.25) is 11.8 Å². The van der Waals surface area contributed by atoms with Crippen LogP contribution in [0.3, 0.4) is 0 Å². The Morgan fingerprint density at radius 2 is 1.41 bits per heavy atom. The van der Waals surface area contributed by atoms with Gasteiger partial charge in [0.25, 0.3) is 11.6 Å². The number of ether oxygens (including phenoxy) is 4. The van der Waals surface area contributed by atoms with Crippen molar-refractivity contribution in [3.05, 3.63) is 0 Å². The second-order valence-corrected chi connectivity index (χ2v) is 8.73. The summed E-state index contributed by atoms with van der Waals surface area (Å²) in [6.45, 7) is 1.54. The first kappa shape index (κ1) is 36.5. The van der Waals surface area contributed by atoms with E-state index in [4.69, 9.17) is 29.2 Å². The van der Waals surface area contributed by atoms with Gasteiger partial charge in [-0.05, 0) is 0 Å². The molecule has 2 aliphatic rings. The second-order valence-electron chi connectivity index (χ2n) is 8.73. The third-order valence-electron chi connectivity index (χ3n) is 6.00. The van der Waals surface area contributed by atoms with Gasteiger partial charge >= 0.3 is 11.9 Å². The molecule has 2 fully saturated rings. The molecule has 2 amide bonds. The van der Waals surface area contributed by atoms with Gasteiger partial charge in [-0.3, -0.25) is 9.59 Å². The number of aliphatic hydroxyl groups excluding tert-OH is 5. The van der Waals surface area contributed by atoms with Gasteiger partial charge in [-0.1, -0.05) is 7.43 Å². The fraction of sp³-hybridized carbons (Fsp3) is 0.818. The van der Waals surface area contributed by atoms with Crippen molar-refractivity contribution in [3.63, 3.8) is 0 Å². The first-order valence-corrected chi connectivity index (χ1v) is 11.4. The third-order valence-corrected chi connectivity index (χ3v) is 6.00. The molecule has 0 spiro atoms. The first-order valence-electron chi connectivity index (χ1n) is 11.4. The Morgan fingerprint density at radius 1 is 0.923 bits per heavy atom. The van der Waals surface area contributed by atoms with Crippen LogP contribution in [-0.2, 0) is 38.1 Å². The zero-order chi connectivity index (χ0) is 29.4. The van der Waals surface area contributed by atoms with Gasteiger partial charge in [0, 0.05) is 40.9 Å². The number of methoxy groups -OCH3 is 2. The van der Waals surface area contributed by atoms with E-state index in [0.29, 0.717) is 0 Å². The predicted octanol–water partition coefficient (Wildman–Crippen LogP) is -3.88. The Morgan fingerprint density at radius 3 is 1.79 bits per heavy atom. The number of amides is 2. The molecule has 2 rings (SSSR count). The zero-order valence-electron chi connectivity index (χ0n) is 21.3. The number of aliphatic carboxylic acids is 2. The highest BCUT2D eigenvalue weighted by Gasteiger charge is 2.55. The number of hydrogen-bond donors (Lipinski definition) is 9. The van der Waals surface area contributed by atoms with E-state index < -0.39 is 85.1 Å². The maximum Gasteiger partial charge on any atom is 0.364 e. The molecule has 2 saturated heterocycles. The fourth-order valence-corrected chi connectivity index (χ4v) is 3.93. The highest BCUT2D eigenvalue weighted by atomic mass is 16.7. The summed E-state index contributed by atoms with van der Waals surface area (Å²) >= 11 is 0. The molecule has 0 radical (unpaired) electrons. The van der Waals surface area contributed by atoms with Crippen molar-refractivity contribution >= 4 is 23.8 Å². The van der Waals surface area contributed by atoms with Crippen molar-refractivity contribution < 1.29 is 73.9 Å². The van der Waals surface area contributed by atoms with E-state index in [2.05, 4.69) is 10.6 Å². The second kappa shape index (κ2) is 15.3. The molecule has 39 heavy (non-hydrogen) atoms. The maximum atomic E-state index is 11.3. The molecule has 0 aromatic heterocycles. The highest BCUT2D eigenvalue weighted by molar-refractivity contribution is 5.77. The lowest BCUT2D eigenvalue weighted by Crippen LogP contribution is -2.67. The van der Waals surface area contributed by atoms with E-state index in [1.54, 1.807) is 0 Å². The van der Waals surface area contributed by atoms with E-state index in [-0.39, 0.29) is 26.4 Å². The monoisotopic (exact) mass is 572 g/mol. The lowest BCUT2D eigenvalue weighted by atomic mass is 9.88. The SMILES string of the molecule is C.COC1(C(=O)O)CC(O)C(NC(C)=O)C(C(O)C(O)CO)O1.COC1(C(=O)O)CC(O)C(NC(C)=O)CO1. The van der Waals surface area contributed by atoms with Crippen LogP contribution in [0.4, 0.5) is 0 Å². The molecule has 17 nitrogen and oxygen atoms in total. The van der Waals surface area contributed by atoms with Gasteiger partial charge in [-0.25, -0.2) is 9.59 Å². The molecule has 228 valence electrons. The molecule has 0 aliphatic carbocycles. The van der Waals surface area contributed by atoms with Crippen LogP contribution in [0.1, 0.15) is 34.1 Å². The average Bonchev–Trinajstić information content (AvgIpc) is 2.85. The van der Waals surface area contributed by atoms with E-state index in [1.807, 2.05) is 0 Å². The minimum absolute atomic E-state index is 0. The van der Waals surface area contributed by atoms with E-state index in [9.17, 15) is 44.7 Å². The number of carbonyl (C=O) groups is 4. The minimum atomic E-state index is -2.24. The highest BCUT2D eigenvalue weighted by Crippen LogP contribution is 2.33. The van der Waals surface area contributed by atoms with Crippen LogP contribution in [-0.4, -0.2) is 141 Å². The topological polar surface area (TPSA) is 271 Å². The molecule has 9 N–H and O–H groups in total. The van der Waals surface area contributed by atoms with Crippen LogP contribution in [0.15, 0.2) is 0 Å². The number of hydrogen-bond acceptors (Lipinski definition) is 13. The normalized spacial score (nSPS) is 33.7. The largest absolute Gasteiger partial charge is 0.477 e. The lowest BCUT2D eigenvalue weighted by Gasteiger charge is -2.46. The Labute approximate surface area is 224 Å². The first-order chi connectivity index (χ1) is 17.6. The van der Waals surface area contributed by atoms with Crippen LogP contribution >= 0.6 is 0 Å². The number of carbonyl (C=O) groups excluding carboxylic acids is 2. The summed E-state index contributed by atoms with van der Waals surface area (Å²) in [4.78, 5) is 44.3. The van der Waals surface area contributed by atoms with Crippen molar-refractivity contribution in [1.29, 1.82) is 0 Å². The van der Waals surface area contributed by atoms with Crippen molar-refractivity contribution in [3.8, 4) is 0 Å². The van der Waals surface area contributed by atoms with Crippen molar-refractivity contribution in [1.82, 2.24) is 10.6 Å². The summed E-state index contributed by atoms with van der Waals surface area (Å²) in [5, 5.41) is 71.2. The van der Waals surface area contributed by atoms with E-state index in [0.717, 1.165) is 14.0 Å². The van der Waals surface area contributed by atoms with Gasteiger partial charge in [0.15, 0.2) is 0 Å². The van der Waals surface area contributed by atoms with Gasteiger partial charge in [0.05, 0.1) is 37.5 Å². The molecule has 0 aromatic carbocycles. The Balaban J connectivity index is 0.000000756. The summed E-state index contributed by atoms with van der Waals surface area (Å²) < 4.78 is 19.9. The minimum Gasteiger partial charge on any atom is -0.477 e. The summed E-state index contributed by atoms with van der Waals surface area (Å²) in [7, 11) is 2.24. The lowest BCUT2D eigenvalue weighted by molar-refractivity contribution is -0.303. The molecule has 0 aromatic rings. The van der Waals surface area contributed by atoms with Crippen LogP contribution in [0.5, 0.6) is 0 Å². The molecule has 9 unspecified atom stereocenters. The molecule has 2 aliphatic heterocycles.